The van der Waals surface area contributed by atoms with Gasteiger partial charge in [-0.05, 0) is 42.0 Å². The van der Waals surface area contributed by atoms with Gasteiger partial charge in [-0.25, -0.2) is 17.9 Å². The lowest BCUT2D eigenvalue weighted by Gasteiger charge is -2.36. The van der Waals surface area contributed by atoms with E-state index in [4.69, 9.17) is 15.0 Å². The first-order chi connectivity index (χ1) is 19.1. The molecule has 3 aromatic rings. The molecule has 0 saturated carbocycles. The summed E-state index contributed by atoms with van der Waals surface area (Å²) in [5.74, 6) is 6.75. The number of fused-ring (bicyclic) bond motifs is 1. The number of alkyl halides is 1. The number of hydrogen-bond donors (Lipinski definition) is 5. The summed E-state index contributed by atoms with van der Waals surface area (Å²) in [7, 11) is -2.39. The predicted molar refractivity (Wildman–Crippen MR) is 157 cm³/mol. The van der Waals surface area contributed by atoms with E-state index < -0.39 is 22.3 Å². The van der Waals surface area contributed by atoms with Crippen LogP contribution in [0.15, 0.2) is 41.3 Å². The quantitative estimate of drug-likeness (QED) is 0.228. The van der Waals surface area contributed by atoms with Crippen LogP contribution in [0.4, 0.5) is 15.8 Å². The molecule has 6 N–H and O–H groups in total. The molecule has 0 radical (unpaired) electrons. The van der Waals surface area contributed by atoms with Crippen LogP contribution in [0.1, 0.15) is 23.8 Å². The molecule has 1 aliphatic heterocycles. The van der Waals surface area contributed by atoms with Crippen LogP contribution >= 0.6 is 11.3 Å². The van der Waals surface area contributed by atoms with Gasteiger partial charge >= 0.3 is 0 Å². The van der Waals surface area contributed by atoms with Crippen molar-refractivity contribution in [2.75, 3.05) is 50.5 Å². The zero-order valence-electron chi connectivity index (χ0n) is 22.5. The molecule has 1 fully saturated rings. The van der Waals surface area contributed by atoms with Gasteiger partial charge in [0.15, 0.2) is 0 Å². The second-order valence-corrected chi connectivity index (χ2v) is 12.2. The fraction of sp³-hybridized carbons (Fsp3) is 0.429. The molecule has 3 unspecified atom stereocenters. The number of β-amino-alcohol motifs (C(OH)–C–C–N with tert-alkyl or cyclic N) is 1. The van der Waals surface area contributed by atoms with Gasteiger partial charge in [0, 0.05) is 25.7 Å². The Morgan fingerprint density at radius 3 is 2.77 bits per heavy atom. The SMILES string of the molecule is CCc1c(C#CCNc2ccc(S(N)(=O)=O)cc2OC)sc2c(NC3CCN(CC(O)CO)CC3F)cccc12. The number of nitrogens with one attached hydrogen (secondary N) is 2. The van der Waals surface area contributed by atoms with E-state index in [1.54, 1.807) is 17.4 Å². The number of benzene rings is 2. The minimum Gasteiger partial charge on any atom is -0.495 e. The minimum atomic E-state index is -3.84. The van der Waals surface area contributed by atoms with Crippen molar-refractivity contribution < 1.29 is 27.8 Å². The Hall–Kier alpha value is -2.92. The maximum absolute atomic E-state index is 15.0. The molecule has 3 atom stereocenters. The highest BCUT2D eigenvalue weighted by molar-refractivity contribution is 7.89. The number of aliphatic hydroxyl groups excluding tert-OH is 2. The van der Waals surface area contributed by atoms with E-state index in [9.17, 15) is 13.5 Å². The first-order valence-electron chi connectivity index (χ1n) is 13.0. The average molecular weight is 591 g/mol. The Balaban J connectivity index is 1.48. The third-order valence-electron chi connectivity index (χ3n) is 6.89. The minimum absolute atomic E-state index is 0.0339. The van der Waals surface area contributed by atoms with Crippen molar-refractivity contribution in [1.82, 2.24) is 4.90 Å². The Bertz CT molecular complexity index is 1500. The van der Waals surface area contributed by atoms with Gasteiger partial charge in [0.1, 0.15) is 11.9 Å². The van der Waals surface area contributed by atoms with E-state index in [-0.39, 0.29) is 30.6 Å². The number of aryl methyl sites for hydroxylation is 1. The van der Waals surface area contributed by atoms with Crippen molar-refractivity contribution in [3.8, 4) is 17.6 Å². The number of piperidine rings is 1. The molecule has 1 aliphatic rings. The van der Waals surface area contributed by atoms with Crippen LogP contribution in [0, 0.1) is 11.8 Å². The molecule has 4 rings (SSSR count). The summed E-state index contributed by atoms with van der Waals surface area (Å²) in [5, 5.41) is 31.6. The van der Waals surface area contributed by atoms with Gasteiger partial charge in [-0.15, -0.1) is 11.3 Å². The lowest BCUT2D eigenvalue weighted by atomic mass is 10.0. The van der Waals surface area contributed by atoms with Gasteiger partial charge in [-0.2, -0.15) is 0 Å². The highest BCUT2D eigenvalue weighted by atomic mass is 32.2. The number of anilines is 2. The average Bonchev–Trinajstić information content (AvgIpc) is 3.30. The van der Waals surface area contributed by atoms with Crippen LogP contribution in [0.3, 0.4) is 0 Å². The third kappa shape index (κ3) is 7.04. The molecular formula is C28H35FN4O5S2. The van der Waals surface area contributed by atoms with E-state index in [2.05, 4.69) is 35.5 Å². The molecule has 12 heteroatoms. The lowest BCUT2D eigenvalue weighted by Crippen LogP contribution is -2.50. The summed E-state index contributed by atoms with van der Waals surface area (Å²) in [5.41, 5.74) is 2.61. The number of nitrogens with two attached hydrogens (primary N) is 1. The number of ether oxygens (including phenoxy) is 1. The van der Waals surface area contributed by atoms with Crippen molar-refractivity contribution in [2.24, 2.45) is 5.14 Å². The number of methoxy groups -OCH3 is 1. The van der Waals surface area contributed by atoms with E-state index >= 15 is 4.39 Å². The first kappa shape index (κ1) is 30.0. The maximum atomic E-state index is 15.0. The Morgan fingerprint density at radius 1 is 1.30 bits per heavy atom. The summed E-state index contributed by atoms with van der Waals surface area (Å²) in [4.78, 5) is 2.75. The Morgan fingerprint density at radius 2 is 2.10 bits per heavy atom. The Kier molecular flexibility index (Phi) is 9.89. The van der Waals surface area contributed by atoms with E-state index in [1.807, 2.05) is 17.0 Å². The number of likely N-dealkylation sites (tertiary alicyclic amines) is 1. The number of halogens is 1. The normalized spacial score (nSPS) is 18.6. The molecule has 9 nitrogen and oxygen atoms in total. The van der Waals surface area contributed by atoms with Crippen molar-refractivity contribution in [1.29, 1.82) is 0 Å². The van der Waals surface area contributed by atoms with Crippen LogP contribution in [-0.4, -0.2) is 81.7 Å². The smallest absolute Gasteiger partial charge is 0.238 e. The topological polar surface area (TPSA) is 137 Å². The zero-order chi connectivity index (χ0) is 28.9. The highest BCUT2D eigenvalue weighted by Gasteiger charge is 2.30. The Labute approximate surface area is 238 Å². The van der Waals surface area contributed by atoms with Gasteiger partial charge in [0.25, 0.3) is 0 Å². The number of primary sulfonamides is 1. The second kappa shape index (κ2) is 13.2. The van der Waals surface area contributed by atoms with Gasteiger partial charge in [-0.1, -0.05) is 30.9 Å². The first-order valence-corrected chi connectivity index (χ1v) is 15.4. The fourth-order valence-corrected chi connectivity index (χ4v) is 6.62. The molecule has 40 heavy (non-hydrogen) atoms. The van der Waals surface area contributed by atoms with E-state index in [0.717, 1.165) is 32.6 Å². The second-order valence-electron chi connectivity index (χ2n) is 9.66. The van der Waals surface area contributed by atoms with E-state index in [1.165, 1.54) is 19.2 Å². The molecule has 0 bridgehead atoms. The van der Waals surface area contributed by atoms with Gasteiger partial charge in [0.2, 0.25) is 10.0 Å². The van der Waals surface area contributed by atoms with Crippen LogP contribution in [0.25, 0.3) is 10.1 Å². The number of rotatable bonds is 10. The standard InChI is InChI=1S/C28H35FN4O5S2/c1-3-20-21-6-4-7-25(32-23-11-13-33(16-22(23)29)15-18(35)17-34)28(21)39-27(20)8-5-12-31-24-10-9-19(40(30,36)37)14-26(24)38-2/h4,6-7,9-10,14,18,22-23,31-32,34-35H,3,11-13,15-17H2,1-2H3,(H2,30,36,37). The molecule has 2 aromatic carbocycles. The number of thiophene rings is 1. The molecule has 0 aliphatic carbocycles. The van der Waals surface area contributed by atoms with Crippen molar-refractivity contribution in [2.45, 2.75) is 43.0 Å². The summed E-state index contributed by atoms with van der Waals surface area (Å²) in [6.45, 7) is 3.15. The summed E-state index contributed by atoms with van der Waals surface area (Å²) >= 11 is 1.57. The molecule has 216 valence electrons. The molecule has 1 aromatic heterocycles. The van der Waals surface area contributed by atoms with Gasteiger partial charge in [0.05, 0.1) is 58.3 Å². The zero-order valence-corrected chi connectivity index (χ0v) is 24.1. The monoisotopic (exact) mass is 590 g/mol. The van der Waals surface area contributed by atoms with Crippen LogP contribution in [-0.2, 0) is 16.4 Å². The van der Waals surface area contributed by atoms with Gasteiger partial charge in [-0.3, -0.25) is 4.90 Å². The predicted octanol–water partition coefficient (Wildman–Crippen LogP) is 2.76. The van der Waals surface area contributed by atoms with Crippen LogP contribution < -0.4 is 20.5 Å². The number of hydrogen-bond acceptors (Lipinski definition) is 9. The van der Waals surface area contributed by atoms with Gasteiger partial charge < -0.3 is 25.6 Å². The number of sulfonamides is 1. The van der Waals surface area contributed by atoms with Crippen molar-refractivity contribution in [3.63, 3.8) is 0 Å². The molecule has 0 amide bonds. The summed E-state index contributed by atoms with van der Waals surface area (Å²) < 4.78 is 44.6. The lowest BCUT2D eigenvalue weighted by molar-refractivity contribution is 0.0365. The molecule has 1 saturated heterocycles. The number of aliphatic hydroxyl groups is 2. The van der Waals surface area contributed by atoms with Crippen LogP contribution in [0.2, 0.25) is 0 Å². The number of nitrogens with zero attached hydrogens (tertiary/aromatic N) is 1. The largest absolute Gasteiger partial charge is 0.495 e. The van der Waals surface area contributed by atoms with Crippen molar-refractivity contribution in [3.05, 3.63) is 46.8 Å². The van der Waals surface area contributed by atoms with E-state index in [0.29, 0.717) is 30.9 Å². The maximum Gasteiger partial charge on any atom is 0.238 e. The summed E-state index contributed by atoms with van der Waals surface area (Å²) in [6, 6.07) is 10.00. The van der Waals surface area contributed by atoms with Crippen molar-refractivity contribution >= 4 is 42.8 Å². The van der Waals surface area contributed by atoms with Crippen LogP contribution in [0.5, 0.6) is 5.75 Å². The third-order valence-corrected chi connectivity index (χ3v) is 9.00. The highest BCUT2D eigenvalue weighted by Crippen LogP contribution is 2.37. The molecular weight excluding hydrogens is 555 g/mol. The fourth-order valence-electron chi connectivity index (χ4n) is 4.85. The molecule has 0 spiro atoms. The molecule has 2 heterocycles. The summed E-state index contributed by atoms with van der Waals surface area (Å²) in [6.07, 6.45) is -0.596.